The van der Waals surface area contributed by atoms with Gasteiger partial charge in [0.15, 0.2) is 0 Å². The average Bonchev–Trinajstić information content (AvgIpc) is 1.73. The van der Waals surface area contributed by atoms with E-state index >= 15 is 0 Å². The first-order valence-corrected chi connectivity index (χ1v) is 6.26. The van der Waals surface area contributed by atoms with Crippen LogP contribution in [0.4, 0.5) is 35.1 Å². The van der Waals surface area contributed by atoms with E-state index in [2.05, 4.69) is 0 Å². The van der Waals surface area contributed by atoms with Gasteiger partial charge in [-0.25, -0.2) is 0 Å². The molecule has 0 spiro atoms. The zero-order valence-corrected chi connectivity index (χ0v) is 9.33. The second kappa shape index (κ2) is 5.53. The molecule has 2 atom stereocenters. The molecule has 0 saturated heterocycles. The van der Waals surface area contributed by atoms with Crippen LogP contribution in [-0.2, 0) is 0 Å². The molecule has 0 rings (SSSR count). The van der Waals surface area contributed by atoms with Crippen molar-refractivity contribution in [3.05, 3.63) is 0 Å². The Labute approximate surface area is 90.1 Å². The standard InChI is InChI=1S/C6H6F8Te/c7-3(1-5(9,10)11)15-4(8)2-6(12,13)14/h3-4H,1-2H2. The summed E-state index contributed by atoms with van der Waals surface area (Å²) in [5.74, 6) is 0. The Hall–Kier alpha value is 0.230. The maximum absolute atomic E-state index is 12.5. The number of halogens is 8. The summed E-state index contributed by atoms with van der Waals surface area (Å²) < 4.78 is 89.1. The van der Waals surface area contributed by atoms with E-state index in [0.717, 1.165) is 0 Å². The molecule has 92 valence electrons. The van der Waals surface area contributed by atoms with E-state index in [0.29, 0.717) is 0 Å². The van der Waals surface area contributed by atoms with E-state index in [1.807, 2.05) is 0 Å². The molecule has 0 aliphatic carbocycles. The van der Waals surface area contributed by atoms with Crippen molar-refractivity contribution in [2.45, 2.75) is 33.6 Å². The zero-order chi connectivity index (χ0) is 12.3. The van der Waals surface area contributed by atoms with Crippen molar-refractivity contribution in [2.75, 3.05) is 0 Å². The number of hydrogen-bond acceptors (Lipinski definition) is 0. The van der Waals surface area contributed by atoms with E-state index in [4.69, 9.17) is 0 Å². The van der Waals surface area contributed by atoms with Gasteiger partial charge in [-0.3, -0.25) is 0 Å². The molecule has 0 radical (unpaired) electrons. The third-order valence-corrected chi connectivity index (χ3v) is 3.72. The van der Waals surface area contributed by atoms with Gasteiger partial charge >= 0.3 is 89.7 Å². The van der Waals surface area contributed by atoms with E-state index in [9.17, 15) is 35.1 Å². The summed E-state index contributed by atoms with van der Waals surface area (Å²) in [7, 11) is 0. The van der Waals surface area contributed by atoms with Crippen molar-refractivity contribution >= 4 is 20.9 Å². The quantitative estimate of drug-likeness (QED) is 0.535. The molecule has 0 nitrogen and oxygen atoms in total. The van der Waals surface area contributed by atoms with Crippen molar-refractivity contribution < 1.29 is 35.1 Å². The van der Waals surface area contributed by atoms with Gasteiger partial charge in [0.2, 0.25) is 0 Å². The summed E-state index contributed by atoms with van der Waals surface area (Å²) in [6.45, 7) is 0. The normalized spacial score (nSPS) is 17.6. The first kappa shape index (κ1) is 15.2. The van der Waals surface area contributed by atoms with Crippen molar-refractivity contribution in [1.29, 1.82) is 0 Å². The van der Waals surface area contributed by atoms with Crippen LogP contribution in [0.2, 0.25) is 0 Å². The number of rotatable bonds is 4. The van der Waals surface area contributed by atoms with Gasteiger partial charge in [-0.05, 0) is 0 Å². The van der Waals surface area contributed by atoms with Crippen molar-refractivity contribution in [2.24, 2.45) is 0 Å². The molecular formula is C6H6F8Te. The predicted octanol–water partition coefficient (Wildman–Crippen LogP) is 3.19. The van der Waals surface area contributed by atoms with Crippen LogP contribution in [0.15, 0.2) is 0 Å². The Morgan fingerprint density at radius 1 is 0.733 bits per heavy atom. The molecule has 15 heavy (non-hydrogen) atoms. The third-order valence-electron chi connectivity index (χ3n) is 1.08. The monoisotopic (exact) mass is 360 g/mol. The molecule has 0 aliphatic rings. The minimum absolute atomic E-state index is 1.87. The first-order chi connectivity index (χ1) is 6.49. The fourth-order valence-electron chi connectivity index (χ4n) is 0.620. The number of alkyl halides is 8. The third kappa shape index (κ3) is 10.5. The predicted molar refractivity (Wildman–Crippen MR) is 36.9 cm³/mol. The molecule has 0 aromatic carbocycles. The molecule has 0 saturated carbocycles. The van der Waals surface area contributed by atoms with Crippen molar-refractivity contribution in [3.8, 4) is 0 Å². The van der Waals surface area contributed by atoms with E-state index < -0.39 is 54.6 Å². The van der Waals surface area contributed by atoms with Crippen LogP contribution in [0.1, 0.15) is 12.8 Å². The van der Waals surface area contributed by atoms with Crippen molar-refractivity contribution in [3.63, 3.8) is 0 Å². The molecule has 0 amide bonds. The second-order valence-corrected chi connectivity index (χ2v) is 6.29. The molecule has 0 fully saturated rings. The Kier molecular flexibility index (Phi) is 5.61. The molecule has 2 unspecified atom stereocenters. The van der Waals surface area contributed by atoms with Gasteiger partial charge in [-0.1, -0.05) is 0 Å². The van der Waals surface area contributed by atoms with Gasteiger partial charge in [0.1, 0.15) is 0 Å². The van der Waals surface area contributed by atoms with Crippen LogP contribution in [-0.4, -0.2) is 41.7 Å². The van der Waals surface area contributed by atoms with Gasteiger partial charge in [0, 0.05) is 0 Å². The summed E-state index contributed by atoms with van der Waals surface area (Å²) in [6, 6.07) is 0. The zero-order valence-electron chi connectivity index (χ0n) is 7.00. The van der Waals surface area contributed by atoms with Gasteiger partial charge in [0.05, 0.1) is 0 Å². The first-order valence-electron chi connectivity index (χ1n) is 3.57. The Bertz CT molecular complexity index is 165. The van der Waals surface area contributed by atoms with Crippen molar-refractivity contribution in [1.82, 2.24) is 0 Å². The van der Waals surface area contributed by atoms with Crippen LogP contribution >= 0.6 is 0 Å². The summed E-state index contributed by atoms with van der Waals surface area (Å²) in [5, 5.41) is 0. The van der Waals surface area contributed by atoms with Gasteiger partial charge < -0.3 is 0 Å². The molecular weight excluding hydrogens is 352 g/mol. The fourth-order valence-corrected chi connectivity index (χ4v) is 3.16. The van der Waals surface area contributed by atoms with Crippen LogP contribution in [0.5, 0.6) is 0 Å². The fraction of sp³-hybridized carbons (Fsp3) is 1.00. The van der Waals surface area contributed by atoms with Gasteiger partial charge in [-0.15, -0.1) is 0 Å². The SMILES string of the molecule is FC(CC(F)(F)F)[Te]C(F)CC(F)(F)F. The van der Waals surface area contributed by atoms with Crippen LogP contribution in [0.25, 0.3) is 0 Å². The molecule has 0 aromatic heterocycles. The second-order valence-electron chi connectivity index (χ2n) is 2.59. The molecule has 0 N–H and O–H groups in total. The Morgan fingerprint density at radius 3 is 1.20 bits per heavy atom. The van der Waals surface area contributed by atoms with Crippen LogP contribution in [0, 0.1) is 0 Å². The molecule has 0 aromatic rings. The van der Waals surface area contributed by atoms with Crippen LogP contribution in [0.3, 0.4) is 0 Å². The molecule has 0 aliphatic heterocycles. The molecule has 0 bridgehead atoms. The Balaban J connectivity index is 3.92. The van der Waals surface area contributed by atoms with Gasteiger partial charge in [0.25, 0.3) is 0 Å². The van der Waals surface area contributed by atoms with Gasteiger partial charge in [-0.2, -0.15) is 0 Å². The molecule has 0 heterocycles. The Morgan fingerprint density at radius 2 is 1.00 bits per heavy atom. The average molecular weight is 358 g/mol. The summed E-state index contributed by atoms with van der Waals surface area (Å²) in [4.78, 5) is 0. The maximum atomic E-state index is 12.5. The van der Waals surface area contributed by atoms with E-state index in [1.165, 1.54) is 0 Å². The van der Waals surface area contributed by atoms with Crippen LogP contribution < -0.4 is 0 Å². The summed E-state index contributed by atoms with van der Waals surface area (Å²) in [5.41, 5.74) is 0. The van der Waals surface area contributed by atoms with E-state index in [1.54, 1.807) is 0 Å². The molecule has 9 heteroatoms. The van der Waals surface area contributed by atoms with E-state index in [-0.39, 0.29) is 0 Å². The minimum atomic E-state index is -4.80. The topological polar surface area (TPSA) is 0 Å². The summed E-state index contributed by atoms with van der Waals surface area (Å²) in [6.07, 6.45) is -13.3. The number of hydrogen-bond donors (Lipinski definition) is 0. The summed E-state index contributed by atoms with van der Waals surface area (Å²) >= 11 is -2.59.